The van der Waals surface area contributed by atoms with Gasteiger partial charge in [0.15, 0.2) is 11.5 Å². The number of benzene rings is 1. The first-order valence-electron chi connectivity index (χ1n) is 6.77. The molecule has 0 aliphatic heterocycles. The molecule has 8 heteroatoms. The lowest BCUT2D eigenvalue weighted by Gasteiger charge is -2.10. The minimum atomic E-state index is -4.55. The number of alkyl halides is 3. The number of hydrogen-bond donors (Lipinski definition) is 2. The summed E-state index contributed by atoms with van der Waals surface area (Å²) in [5.41, 5.74) is -0.651. The summed E-state index contributed by atoms with van der Waals surface area (Å²) >= 11 is 7.17. The van der Waals surface area contributed by atoms with Gasteiger partial charge >= 0.3 is 6.18 Å². The van der Waals surface area contributed by atoms with E-state index in [1.54, 1.807) is 24.6 Å². The maximum Gasteiger partial charge on any atom is 0.416 e. The molecule has 2 aromatic heterocycles. The van der Waals surface area contributed by atoms with E-state index in [2.05, 4.69) is 5.32 Å². The molecule has 2 heterocycles. The third-order valence-corrected chi connectivity index (χ3v) is 4.46. The van der Waals surface area contributed by atoms with E-state index >= 15 is 0 Å². The number of halogens is 4. The summed E-state index contributed by atoms with van der Waals surface area (Å²) in [6.45, 7) is 0. The number of thiophene rings is 1. The van der Waals surface area contributed by atoms with Crippen molar-refractivity contribution < 1.29 is 22.7 Å². The number of nitrogens with one attached hydrogen (secondary N) is 1. The van der Waals surface area contributed by atoms with Gasteiger partial charge in [0, 0.05) is 12.1 Å². The first kappa shape index (κ1) is 16.7. The van der Waals surface area contributed by atoms with Crippen LogP contribution in [0.2, 0.25) is 5.02 Å². The molecule has 2 N–H and O–H groups in total. The summed E-state index contributed by atoms with van der Waals surface area (Å²) in [6, 6.07) is 6.63. The van der Waals surface area contributed by atoms with Crippen molar-refractivity contribution in [1.82, 2.24) is 0 Å². The highest BCUT2D eigenvalue weighted by atomic mass is 35.5. The molecule has 0 saturated heterocycles. The van der Waals surface area contributed by atoms with Crippen molar-refractivity contribution in [2.24, 2.45) is 0 Å². The van der Waals surface area contributed by atoms with Gasteiger partial charge in [-0.2, -0.15) is 13.2 Å². The first-order chi connectivity index (χ1) is 11.3. The lowest BCUT2D eigenvalue weighted by atomic mass is 10.0. The zero-order valence-electron chi connectivity index (χ0n) is 12.2. The minimum absolute atomic E-state index is 0.0832. The van der Waals surface area contributed by atoms with Crippen molar-refractivity contribution in [3.63, 3.8) is 0 Å². The lowest BCUT2D eigenvalue weighted by molar-refractivity contribution is -0.137. The van der Waals surface area contributed by atoms with Crippen LogP contribution in [0.4, 0.5) is 19.1 Å². The predicted octanol–water partition coefficient (Wildman–Crippen LogP) is 6.09. The van der Waals surface area contributed by atoms with Crippen LogP contribution in [-0.4, -0.2) is 12.2 Å². The zero-order chi connectivity index (χ0) is 17.5. The quantitative estimate of drug-likeness (QED) is 0.583. The van der Waals surface area contributed by atoms with Crippen LogP contribution in [0.3, 0.4) is 0 Å². The standard InChI is InChI=1S/C16H11ClF3NO2S/c1-21-15-12(13(22)14(23-15)11-3-2-4-24-11)8-5-9(16(18,19)20)7-10(17)6-8/h2-7,21-22H,1H3. The molecule has 3 aromatic rings. The van der Waals surface area contributed by atoms with Crippen LogP contribution in [-0.2, 0) is 6.18 Å². The zero-order valence-corrected chi connectivity index (χ0v) is 13.8. The minimum Gasteiger partial charge on any atom is -0.504 e. The van der Waals surface area contributed by atoms with E-state index in [1.165, 1.54) is 17.4 Å². The van der Waals surface area contributed by atoms with Gasteiger partial charge in [-0.05, 0) is 35.2 Å². The maximum absolute atomic E-state index is 13.0. The Labute approximate surface area is 144 Å². The summed E-state index contributed by atoms with van der Waals surface area (Å²) in [4.78, 5) is 0.660. The Hall–Kier alpha value is -2.12. The van der Waals surface area contributed by atoms with E-state index in [0.29, 0.717) is 4.88 Å². The fraction of sp³-hybridized carbons (Fsp3) is 0.125. The van der Waals surface area contributed by atoms with Crippen LogP contribution in [0.1, 0.15) is 5.56 Å². The fourth-order valence-corrected chi connectivity index (χ4v) is 3.28. The Bertz CT molecular complexity index is 872. The molecule has 1 aromatic carbocycles. The van der Waals surface area contributed by atoms with Crippen LogP contribution in [0.15, 0.2) is 40.1 Å². The van der Waals surface area contributed by atoms with Crippen LogP contribution < -0.4 is 5.32 Å². The van der Waals surface area contributed by atoms with E-state index < -0.39 is 11.7 Å². The molecule has 3 nitrogen and oxygen atoms in total. The van der Waals surface area contributed by atoms with Gasteiger partial charge in [0.25, 0.3) is 0 Å². The molecule has 0 radical (unpaired) electrons. The molecule has 126 valence electrons. The van der Waals surface area contributed by atoms with Crippen molar-refractivity contribution in [1.29, 1.82) is 0 Å². The number of rotatable bonds is 3. The molecule has 0 aliphatic carbocycles. The second-order valence-corrected chi connectivity index (χ2v) is 6.32. The normalized spacial score (nSPS) is 11.7. The molecular weight excluding hydrogens is 363 g/mol. The fourth-order valence-electron chi connectivity index (χ4n) is 2.34. The van der Waals surface area contributed by atoms with Gasteiger partial charge in [0.05, 0.1) is 16.0 Å². The lowest BCUT2D eigenvalue weighted by Crippen LogP contribution is -2.05. The van der Waals surface area contributed by atoms with E-state index in [1.807, 2.05) is 0 Å². The molecular formula is C16H11ClF3NO2S. The summed E-state index contributed by atoms with van der Waals surface area (Å²) in [5, 5.41) is 15.0. The highest BCUT2D eigenvalue weighted by Crippen LogP contribution is 2.48. The smallest absolute Gasteiger partial charge is 0.416 e. The number of hydrogen-bond acceptors (Lipinski definition) is 4. The van der Waals surface area contributed by atoms with E-state index in [9.17, 15) is 18.3 Å². The Morgan fingerprint density at radius 1 is 1.25 bits per heavy atom. The third-order valence-electron chi connectivity index (χ3n) is 3.37. The Kier molecular flexibility index (Phi) is 4.23. The number of furan rings is 1. The van der Waals surface area contributed by atoms with E-state index in [0.717, 1.165) is 12.1 Å². The number of anilines is 1. The molecule has 0 amide bonds. The van der Waals surface area contributed by atoms with Gasteiger partial charge in [-0.3, -0.25) is 0 Å². The van der Waals surface area contributed by atoms with Crippen LogP contribution in [0.5, 0.6) is 5.75 Å². The second kappa shape index (κ2) is 6.07. The molecule has 0 fully saturated rings. The molecule has 0 spiro atoms. The Morgan fingerprint density at radius 3 is 2.58 bits per heavy atom. The van der Waals surface area contributed by atoms with Crippen molar-refractivity contribution in [2.45, 2.75) is 6.18 Å². The van der Waals surface area contributed by atoms with Gasteiger partial charge in [-0.1, -0.05) is 17.7 Å². The van der Waals surface area contributed by atoms with E-state index in [4.69, 9.17) is 16.0 Å². The molecule has 0 bridgehead atoms. The largest absolute Gasteiger partial charge is 0.504 e. The monoisotopic (exact) mass is 373 g/mol. The van der Waals surface area contributed by atoms with Crippen molar-refractivity contribution in [2.75, 3.05) is 12.4 Å². The van der Waals surface area contributed by atoms with Gasteiger partial charge in [-0.15, -0.1) is 11.3 Å². The number of aromatic hydroxyl groups is 1. The summed E-state index contributed by atoms with van der Waals surface area (Å²) in [5.74, 6) is 0.112. The average Bonchev–Trinajstić information content (AvgIpc) is 3.12. The highest BCUT2D eigenvalue weighted by molar-refractivity contribution is 7.13. The molecule has 0 aliphatic rings. The van der Waals surface area contributed by atoms with Gasteiger partial charge in [0.1, 0.15) is 0 Å². The summed E-state index contributed by atoms with van der Waals surface area (Å²) in [7, 11) is 1.55. The van der Waals surface area contributed by atoms with Crippen LogP contribution in [0, 0.1) is 0 Å². The second-order valence-electron chi connectivity index (χ2n) is 4.94. The van der Waals surface area contributed by atoms with Crippen LogP contribution >= 0.6 is 22.9 Å². The van der Waals surface area contributed by atoms with Gasteiger partial charge in [-0.25, -0.2) is 0 Å². The summed E-state index contributed by atoms with van der Waals surface area (Å²) in [6.07, 6.45) is -4.55. The maximum atomic E-state index is 13.0. The molecule has 3 rings (SSSR count). The topological polar surface area (TPSA) is 45.4 Å². The predicted molar refractivity (Wildman–Crippen MR) is 88.7 cm³/mol. The van der Waals surface area contributed by atoms with Gasteiger partial charge < -0.3 is 14.8 Å². The third kappa shape index (κ3) is 2.97. The van der Waals surface area contributed by atoms with Crippen molar-refractivity contribution >= 4 is 28.8 Å². The Morgan fingerprint density at radius 2 is 2.00 bits per heavy atom. The van der Waals surface area contributed by atoms with Crippen molar-refractivity contribution in [3.8, 4) is 27.5 Å². The molecule has 0 unspecified atom stereocenters. The molecule has 24 heavy (non-hydrogen) atoms. The van der Waals surface area contributed by atoms with E-state index in [-0.39, 0.29) is 33.5 Å². The average molecular weight is 374 g/mol. The highest BCUT2D eigenvalue weighted by Gasteiger charge is 2.32. The first-order valence-corrected chi connectivity index (χ1v) is 8.02. The summed E-state index contributed by atoms with van der Waals surface area (Å²) < 4.78 is 44.6. The molecule has 0 atom stereocenters. The Balaban J connectivity index is 2.21. The molecule has 0 saturated carbocycles. The SMILES string of the molecule is CNc1oc(-c2cccs2)c(O)c1-c1cc(Cl)cc(C(F)(F)F)c1. The van der Waals surface area contributed by atoms with Crippen LogP contribution in [0.25, 0.3) is 21.8 Å². The van der Waals surface area contributed by atoms with Gasteiger partial charge in [0.2, 0.25) is 5.88 Å². The van der Waals surface area contributed by atoms with Crippen molar-refractivity contribution in [3.05, 3.63) is 46.3 Å².